The topological polar surface area (TPSA) is 52.6 Å². The Labute approximate surface area is 133 Å². The number of aliphatic hydroxyl groups is 1. The number of hydrogen-bond acceptors (Lipinski definition) is 3. The first-order chi connectivity index (χ1) is 10.5. The number of aryl methyl sites for hydroxylation is 1. The Morgan fingerprint density at radius 2 is 2.00 bits per heavy atom. The molecule has 4 nitrogen and oxygen atoms in total. The van der Waals surface area contributed by atoms with Crippen LogP contribution in [0.4, 0.5) is 5.69 Å². The Morgan fingerprint density at radius 1 is 1.32 bits per heavy atom. The number of aliphatic hydroxyl groups excluding tert-OH is 1. The molecule has 1 saturated heterocycles. The van der Waals surface area contributed by atoms with Gasteiger partial charge in [-0.2, -0.15) is 0 Å². The molecule has 0 bridgehead atoms. The Kier molecular flexibility index (Phi) is 5.83. The first-order valence-electron chi connectivity index (χ1n) is 8.31. The summed E-state index contributed by atoms with van der Waals surface area (Å²) in [6, 6.07) is 6.08. The van der Waals surface area contributed by atoms with Gasteiger partial charge in [0.1, 0.15) is 0 Å². The first kappa shape index (κ1) is 16.8. The van der Waals surface area contributed by atoms with E-state index < -0.39 is 0 Å². The van der Waals surface area contributed by atoms with Crippen molar-refractivity contribution in [3.8, 4) is 0 Å². The average molecular weight is 304 g/mol. The Balaban J connectivity index is 2.03. The molecule has 2 N–H and O–H groups in total. The van der Waals surface area contributed by atoms with Crippen molar-refractivity contribution < 1.29 is 9.90 Å². The standard InChI is InChI=1S/C18H28N2O2/c1-13(2)17(21)8-9-19-18(22)15-12-14(3)6-7-16(15)20-10-4-5-11-20/h6-7,12-13,17,21H,4-5,8-11H2,1-3H3,(H,19,22). The van der Waals surface area contributed by atoms with Crippen LogP contribution in [-0.2, 0) is 0 Å². The Hall–Kier alpha value is -1.55. The van der Waals surface area contributed by atoms with Gasteiger partial charge in [0.2, 0.25) is 0 Å². The van der Waals surface area contributed by atoms with Crippen LogP contribution in [0.25, 0.3) is 0 Å². The van der Waals surface area contributed by atoms with Crippen LogP contribution in [0, 0.1) is 12.8 Å². The number of rotatable bonds is 6. The monoisotopic (exact) mass is 304 g/mol. The van der Waals surface area contributed by atoms with E-state index >= 15 is 0 Å². The summed E-state index contributed by atoms with van der Waals surface area (Å²) >= 11 is 0. The molecular formula is C18H28N2O2. The molecule has 1 fully saturated rings. The molecule has 1 aromatic carbocycles. The van der Waals surface area contributed by atoms with Crippen LogP contribution in [0.2, 0.25) is 0 Å². The Morgan fingerprint density at radius 3 is 2.64 bits per heavy atom. The third kappa shape index (κ3) is 4.23. The molecule has 1 amide bonds. The second-order valence-electron chi connectivity index (χ2n) is 6.57. The molecule has 0 aromatic heterocycles. The summed E-state index contributed by atoms with van der Waals surface area (Å²) in [6.07, 6.45) is 2.61. The first-order valence-corrected chi connectivity index (χ1v) is 8.31. The second-order valence-corrected chi connectivity index (χ2v) is 6.57. The molecule has 2 rings (SSSR count). The van der Waals surface area contributed by atoms with E-state index in [1.54, 1.807) is 0 Å². The minimum absolute atomic E-state index is 0.0402. The van der Waals surface area contributed by atoms with E-state index in [-0.39, 0.29) is 17.9 Å². The van der Waals surface area contributed by atoms with E-state index in [9.17, 15) is 9.90 Å². The molecule has 0 spiro atoms. The number of nitrogens with zero attached hydrogens (tertiary/aromatic N) is 1. The number of benzene rings is 1. The molecule has 1 atom stereocenters. The lowest BCUT2D eigenvalue weighted by atomic mass is 10.0. The number of carbonyl (C=O) groups excluding carboxylic acids is 1. The fourth-order valence-corrected chi connectivity index (χ4v) is 2.83. The number of carbonyl (C=O) groups is 1. The van der Waals surface area contributed by atoms with Crippen molar-refractivity contribution >= 4 is 11.6 Å². The molecule has 1 aromatic rings. The predicted octanol–water partition coefficient (Wildman–Crippen LogP) is 2.73. The van der Waals surface area contributed by atoms with E-state index in [1.807, 2.05) is 26.8 Å². The van der Waals surface area contributed by atoms with Gasteiger partial charge >= 0.3 is 0 Å². The van der Waals surface area contributed by atoms with Crippen LogP contribution in [0.15, 0.2) is 18.2 Å². The van der Waals surface area contributed by atoms with Gasteiger partial charge in [0.25, 0.3) is 5.91 Å². The van der Waals surface area contributed by atoms with Crippen molar-refractivity contribution in [2.45, 2.75) is 46.1 Å². The largest absolute Gasteiger partial charge is 0.393 e. The summed E-state index contributed by atoms with van der Waals surface area (Å²) in [5.41, 5.74) is 2.88. The molecule has 1 unspecified atom stereocenters. The van der Waals surface area contributed by atoms with Crippen molar-refractivity contribution in [1.82, 2.24) is 5.32 Å². The summed E-state index contributed by atoms with van der Waals surface area (Å²) in [5.74, 6) is 0.178. The summed E-state index contributed by atoms with van der Waals surface area (Å²) in [6.45, 7) is 8.53. The van der Waals surface area contributed by atoms with Gasteiger partial charge < -0.3 is 15.3 Å². The van der Waals surface area contributed by atoms with E-state index in [0.29, 0.717) is 13.0 Å². The summed E-state index contributed by atoms with van der Waals surface area (Å²) in [5, 5.41) is 12.8. The maximum atomic E-state index is 12.5. The van der Waals surface area contributed by atoms with Gasteiger partial charge in [-0.1, -0.05) is 25.5 Å². The number of amides is 1. The van der Waals surface area contributed by atoms with Crippen LogP contribution in [0.5, 0.6) is 0 Å². The molecule has 22 heavy (non-hydrogen) atoms. The van der Waals surface area contributed by atoms with E-state index in [2.05, 4.69) is 22.3 Å². The van der Waals surface area contributed by atoms with Crippen molar-refractivity contribution in [2.75, 3.05) is 24.5 Å². The summed E-state index contributed by atoms with van der Waals surface area (Å²) in [4.78, 5) is 14.8. The van der Waals surface area contributed by atoms with Gasteiger partial charge in [-0.25, -0.2) is 0 Å². The fourth-order valence-electron chi connectivity index (χ4n) is 2.83. The van der Waals surface area contributed by atoms with Gasteiger partial charge in [0.05, 0.1) is 11.7 Å². The lowest BCUT2D eigenvalue weighted by molar-refractivity contribution is 0.0920. The van der Waals surface area contributed by atoms with Crippen LogP contribution >= 0.6 is 0 Å². The third-order valence-corrected chi connectivity index (χ3v) is 4.34. The van der Waals surface area contributed by atoms with Crippen molar-refractivity contribution in [2.24, 2.45) is 5.92 Å². The molecule has 0 aliphatic carbocycles. The van der Waals surface area contributed by atoms with E-state index in [4.69, 9.17) is 0 Å². The van der Waals surface area contributed by atoms with E-state index in [0.717, 1.165) is 29.9 Å². The number of hydrogen-bond donors (Lipinski definition) is 2. The number of anilines is 1. The van der Waals surface area contributed by atoms with Gasteiger partial charge in [-0.3, -0.25) is 4.79 Å². The van der Waals surface area contributed by atoms with Crippen molar-refractivity contribution in [3.05, 3.63) is 29.3 Å². The maximum Gasteiger partial charge on any atom is 0.253 e. The van der Waals surface area contributed by atoms with Crippen molar-refractivity contribution in [3.63, 3.8) is 0 Å². The lowest BCUT2D eigenvalue weighted by Gasteiger charge is -2.22. The zero-order valence-electron chi connectivity index (χ0n) is 13.9. The highest BCUT2D eigenvalue weighted by Crippen LogP contribution is 2.25. The molecule has 4 heteroatoms. The molecule has 1 aliphatic rings. The molecule has 1 aliphatic heterocycles. The highest BCUT2D eigenvalue weighted by atomic mass is 16.3. The molecular weight excluding hydrogens is 276 g/mol. The van der Waals surface area contributed by atoms with Crippen LogP contribution in [0.1, 0.15) is 49.0 Å². The van der Waals surface area contributed by atoms with Gasteiger partial charge in [0, 0.05) is 25.3 Å². The molecule has 122 valence electrons. The van der Waals surface area contributed by atoms with Gasteiger partial charge in [-0.05, 0) is 44.2 Å². The highest BCUT2D eigenvalue weighted by molar-refractivity contribution is 6.00. The van der Waals surface area contributed by atoms with Gasteiger partial charge in [0.15, 0.2) is 0 Å². The van der Waals surface area contributed by atoms with E-state index in [1.165, 1.54) is 12.8 Å². The smallest absolute Gasteiger partial charge is 0.253 e. The predicted molar refractivity (Wildman–Crippen MR) is 90.4 cm³/mol. The van der Waals surface area contributed by atoms with Crippen molar-refractivity contribution in [1.29, 1.82) is 0 Å². The summed E-state index contributed by atoms with van der Waals surface area (Å²) in [7, 11) is 0. The summed E-state index contributed by atoms with van der Waals surface area (Å²) < 4.78 is 0. The highest BCUT2D eigenvalue weighted by Gasteiger charge is 2.19. The van der Waals surface area contributed by atoms with Gasteiger partial charge in [-0.15, -0.1) is 0 Å². The van der Waals surface area contributed by atoms with Crippen LogP contribution in [-0.4, -0.2) is 36.8 Å². The lowest BCUT2D eigenvalue weighted by Crippen LogP contribution is -2.30. The normalized spacial score (nSPS) is 16.1. The van der Waals surface area contributed by atoms with Crippen LogP contribution in [0.3, 0.4) is 0 Å². The second kappa shape index (κ2) is 7.63. The minimum atomic E-state index is -0.365. The molecule has 0 radical (unpaired) electrons. The zero-order valence-corrected chi connectivity index (χ0v) is 13.9. The molecule has 0 saturated carbocycles. The third-order valence-electron chi connectivity index (χ3n) is 4.34. The SMILES string of the molecule is Cc1ccc(N2CCCC2)c(C(=O)NCCC(O)C(C)C)c1. The quantitative estimate of drug-likeness (QED) is 0.849. The average Bonchev–Trinajstić information content (AvgIpc) is 3.00. The number of nitrogens with one attached hydrogen (secondary N) is 1. The minimum Gasteiger partial charge on any atom is -0.393 e. The fraction of sp³-hybridized carbons (Fsp3) is 0.611. The Bertz CT molecular complexity index is 508. The zero-order chi connectivity index (χ0) is 16.1. The van der Waals surface area contributed by atoms with Crippen LogP contribution < -0.4 is 10.2 Å². The molecule has 1 heterocycles. The maximum absolute atomic E-state index is 12.5.